The van der Waals surface area contributed by atoms with Crippen LogP contribution in [0.2, 0.25) is 5.02 Å². The third-order valence-corrected chi connectivity index (χ3v) is 4.18. The second kappa shape index (κ2) is 10.6. The highest BCUT2D eigenvalue weighted by Gasteiger charge is 2.15. The van der Waals surface area contributed by atoms with Gasteiger partial charge in [-0.1, -0.05) is 35.9 Å². The minimum absolute atomic E-state index is 0. The predicted octanol–water partition coefficient (Wildman–Crippen LogP) is 4.60. The third-order valence-electron chi connectivity index (χ3n) is 3.82. The van der Waals surface area contributed by atoms with Crippen LogP contribution in [-0.2, 0) is 13.2 Å². The molecule has 0 bridgehead atoms. The molecule has 2 N–H and O–H groups in total. The van der Waals surface area contributed by atoms with E-state index >= 15 is 0 Å². The second-order valence-electron chi connectivity index (χ2n) is 6.49. The molecular formula is C20H27Cl2NO3. The number of nitrogens with one attached hydrogen (secondary N) is 1. The van der Waals surface area contributed by atoms with Crippen molar-refractivity contribution in [2.45, 2.75) is 39.5 Å². The molecule has 0 radical (unpaired) electrons. The van der Waals surface area contributed by atoms with Crippen molar-refractivity contribution in [1.29, 1.82) is 0 Å². The maximum absolute atomic E-state index is 9.34. The lowest BCUT2D eigenvalue weighted by Crippen LogP contribution is -2.42. The summed E-state index contributed by atoms with van der Waals surface area (Å²) in [6.07, 6.45) is 0. The summed E-state index contributed by atoms with van der Waals surface area (Å²) in [6, 6.07) is 13.5. The molecule has 0 heterocycles. The number of rotatable bonds is 9. The van der Waals surface area contributed by atoms with Crippen LogP contribution in [0.15, 0.2) is 42.5 Å². The zero-order valence-electron chi connectivity index (χ0n) is 15.4. The Bertz CT molecular complexity index is 693. The third kappa shape index (κ3) is 6.69. The summed E-state index contributed by atoms with van der Waals surface area (Å²) in [7, 11) is 0. The molecule has 0 aliphatic carbocycles. The monoisotopic (exact) mass is 399 g/mol. The lowest BCUT2D eigenvalue weighted by Gasteiger charge is -2.24. The first-order chi connectivity index (χ1) is 11.9. The van der Waals surface area contributed by atoms with E-state index in [1.165, 1.54) is 0 Å². The fourth-order valence-corrected chi connectivity index (χ4v) is 2.41. The Labute approximate surface area is 166 Å². The summed E-state index contributed by atoms with van der Waals surface area (Å²) >= 11 is 6.17. The zero-order valence-corrected chi connectivity index (χ0v) is 17.0. The molecule has 144 valence electrons. The average Bonchev–Trinajstić information content (AvgIpc) is 2.61. The molecular weight excluding hydrogens is 373 g/mol. The van der Waals surface area contributed by atoms with Crippen LogP contribution in [0.1, 0.15) is 31.9 Å². The largest absolute Gasteiger partial charge is 0.490 e. The Balaban J connectivity index is 0.00000338. The van der Waals surface area contributed by atoms with Gasteiger partial charge in [-0.15, -0.1) is 12.4 Å². The molecule has 0 spiro atoms. The van der Waals surface area contributed by atoms with E-state index in [1.54, 1.807) is 0 Å². The van der Waals surface area contributed by atoms with Gasteiger partial charge in [0, 0.05) is 22.7 Å². The number of aliphatic hydroxyl groups is 1. The molecule has 4 nitrogen and oxygen atoms in total. The number of halogens is 2. The molecule has 2 rings (SSSR count). The van der Waals surface area contributed by atoms with Crippen LogP contribution in [-0.4, -0.2) is 23.9 Å². The average molecular weight is 400 g/mol. The highest BCUT2D eigenvalue weighted by molar-refractivity contribution is 6.31. The molecule has 26 heavy (non-hydrogen) atoms. The molecule has 0 saturated carbocycles. The highest BCUT2D eigenvalue weighted by atomic mass is 35.5. The van der Waals surface area contributed by atoms with Gasteiger partial charge in [-0.25, -0.2) is 0 Å². The normalized spacial score (nSPS) is 11.0. The molecule has 0 unspecified atom stereocenters. The van der Waals surface area contributed by atoms with Crippen molar-refractivity contribution in [2.24, 2.45) is 0 Å². The second-order valence-corrected chi connectivity index (χ2v) is 6.90. The Morgan fingerprint density at radius 1 is 1.08 bits per heavy atom. The molecule has 0 aromatic heterocycles. The van der Waals surface area contributed by atoms with Crippen molar-refractivity contribution in [3.63, 3.8) is 0 Å². The number of hydrogen-bond acceptors (Lipinski definition) is 4. The van der Waals surface area contributed by atoms with Gasteiger partial charge in [-0.05, 0) is 44.5 Å². The van der Waals surface area contributed by atoms with E-state index in [0.717, 1.165) is 11.1 Å². The van der Waals surface area contributed by atoms with E-state index in [4.69, 9.17) is 21.1 Å². The smallest absolute Gasteiger partial charge is 0.161 e. The van der Waals surface area contributed by atoms with Gasteiger partial charge in [-0.2, -0.15) is 0 Å². The fourth-order valence-electron chi connectivity index (χ4n) is 2.22. The molecule has 0 saturated heterocycles. The molecule has 2 aromatic rings. The van der Waals surface area contributed by atoms with Gasteiger partial charge >= 0.3 is 0 Å². The summed E-state index contributed by atoms with van der Waals surface area (Å²) < 4.78 is 11.6. The summed E-state index contributed by atoms with van der Waals surface area (Å²) in [6.45, 7) is 7.51. The van der Waals surface area contributed by atoms with Crippen molar-refractivity contribution in [3.8, 4) is 11.5 Å². The molecule has 2 aromatic carbocycles. The van der Waals surface area contributed by atoms with E-state index in [1.807, 2.05) is 63.2 Å². The quantitative estimate of drug-likeness (QED) is 0.646. The van der Waals surface area contributed by atoms with E-state index in [2.05, 4.69) is 5.32 Å². The van der Waals surface area contributed by atoms with Crippen LogP contribution in [0.3, 0.4) is 0 Å². The van der Waals surface area contributed by atoms with Gasteiger partial charge in [0.25, 0.3) is 0 Å². The Kier molecular flexibility index (Phi) is 9.23. The van der Waals surface area contributed by atoms with Crippen LogP contribution < -0.4 is 14.8 Å². The van der Waals surface area contributed by atoms with Crippen molar-refractivity contribution in [1.82, 2.24) is 5.32 Å². The minimum atomic E-state index is -0.328. The van der Waals surface area contributed by atoms with Crippen LogP contribution in [0.4, 0.5) is 0 Å². The summed E-state index contributed by atoms with van der Waals surface area (Å²) in [5.41, 5.74) is 1.67. The first-order valence-corrected chi connectivity index (χ1v) is 8.81. The standard InChI is InChI=1S/C20H26ClNO3.ClH/c1-4-24-19-11-15(12-22-20(2,3)14-23)9-10-18(19)25-13-16-7-5-6-8-17(16)21;/h5-11,22-23H,4,12-14H2,1-3H3;1H. The van der Waals surface area contributed by atoms with Gasteiger partial charge in [0.05, 0.1) is 13.2 Å². The van der Waals surface area contributed by atoms with Crippen LogP contribution in [0, 0.1) is 0 Å². The zero-order chi connectivity index (χ0) is 18.3. The van der Waals surface area contributed by atoms with Crippen LogP contribution in [0.5, 0.6) is 11.5 Å². The first-order valence-electron chi connectivity index (χ1n) is 8.43. The summed E-state index contributed by atoms with van der Waals surface area (Å²) in [5.74, 6) is 1.39. The SMILES string of the molecule is CCOc1cc(CNC(C)(C)CO)ccc1OCc1ccccc1Cl.Cl. The number of ether oxygens (including phenoxy) is 2. The van der Waals surface area contributed by atoms with E-state index in [0.29, 0.717) is 36.3 Å². The predicted molar refractivity (Wildman–Crippen MR) is 109 cm³/mol. The maximum Gasteiger partial charge on any atom is 0.161 e. The number of benzene rings is 2. The van der Waals surface area contributed by atoms with E-state index in [9.17, 15) is 5.11 Å². The lowest BCUT2D eigenvalue weighted by atomic mass is 10.1. The Hall–Kier alpha value is -1.46. The van der Waals surface area contributed by atoms with Crippen molar-refractivity contribution in [3.05, 3.63) is 58.6 Å². The fraction of sp³-hybridized carbons (Fsp3) is 0.400. The number of hydrogen-bond donors (Lipinski definition) is 2. The highest BCUT2D eigenvalue weighted by Crippen LogP contribution is 2.30. The summed E-state index contributed by atoms with van der Waals surface area (Å²) in [5, 5.41) is 13.3. The van der Waals surface area contributed by atoms with E-state index in [-0.39, 0.29) is 24.6 Å². The van der Waals surface area contributed by atoms with Gasteiger partial charge in [0.15, 0.2) is 11.5 Å². The van der Waals surface area contributed by atoms with E-state index < -0.39 is 0 Å². The van der Waals surface area contributed by atoms with Gasteiger partial charge in [-0.3, -0.25) is 0 Å². The first kappa shape index (κ1) is 22.6. The van der Waals surface area contributed by atoms with Crippen molar-refractivity contribution in [2.75, 3.05) is 13.2 Å². The van der Waals surface area contributed by atoms with Gasteiger partial charge < -0.3 is 19.9 Å². The topological polar surface area (TPSA) is 50.7 Å². The molecule has 0 amide bonds. The number of aliphatic hydroxyl groups excluding tert-OH is 1. The summed E-state index contributed by atoms with van der Waals surface area (Å²) in [4.78, 5) is 0. The van der Waals surface area contributed by atoms with Crippen molar-refractivity contribution >= 4 is 24.0 Å². The molecule has 0 fully saturated rings. The van der Waals surface area contributed by atoms with Crippen LogP contribution in [0.25, 0.3) is 0 Å². The Morgan fingerprint density at radius 2 is 1.81 bits per heavy atom. The Morgan fingerprint density at radius 3 is 2.46 bits per heavy atom. The van der Waals surface area contributed by atoms with Gasteiger partial charge in [0.1, 0.15) is 6.61 Å². The molecule has 6 heteroatoms. The molecule has 0 atom stereocenters. The van der Waals surface area contributed by atoms with Gasteiger partial charge in [0.2, 0.25) is 0 Å². The van der Waals surface area contributed by atoms with Crippen molar-refractivity contribution < 1.29 is 14.6 Å². The molecule has 0 aliphatic heterocycles. The lowest BCUT2D eigenvalue weighted by molar-refractivity contribution is 0.187. The van der Waals surface area contributed by atoms with Crippen LogP contribution >= 0.6 is 24.0 Å². The maximum atomic E-state index is 9.34. The minimum Gasteiger partial charge on any atom is -0.490 e. The molecule has 0 aliphatic rings.